The van der Waals surface area contributed by atoms with Gasteiger partial charge >= 0.3 is 0 Å². The van der Waals surface area contributed by atoms with Crippen LogP contribution in [0.1, 0.15) is 24.3 Å². The zero-order valence-corrected chi connectivity index (χ0v) is 7.87. The largest absolute Gasteiger partial charge is 0.207 e. The zero-order valence-electron chi connectivity index (χ0n) is 7.87. The highest BCUT2D eigenvalue weighted by molar-refractivity contribution is 5.24. The lowest BCUT2D eigenvalue weighted by Gasteiger charge is -2.10. The van der Waals surface area contributed by atoms with Crippen LogP contribution < -0.4 is 0 Å². The van der Waals surface area contributed by atoms with Gasteiger partial charge in [0.25, 0.3) is 0 Å². The van der Waals surface area contributed by atoms with Crippen LogP contribution in [-0.2, 0) is 0 Å². The van der Waals surface area contributed by atoms with Crippen molar-refractivity contribution in [2.45, 2.75) is 18.8 Å². The van der Waals surface area contributed by atoms with Crippen molar-refractivity contribution in [3.63, 3.8) is 0 Å². The molecule has 2 nitrogen and oxygen atoms in total. The van der Waals surface area contributed by atoms with Gasteiger partial charge in [-0.25, -0.2) is 8.78 Å². The van der Waals surface area contributed by atoms with Gasteiger partial charge in [0.2, 0.25) is 0 Å². The van der Waals surface area contributed by atoms with Gasteiger partial charge in [-0.3, -0.25) is 0 Å². The number of hydrogen-bond donors (Lipinski definition) is 0. The Morgan fingerprint density at radius 3 is 2.20 bits per heavy atom. The Balaban J connectivity index is 3.02. The van der Waals surface area contributed by atoms with Crippen LogP contribution in [0, 0.1) is 34.3 Å². The Bertz CT molecular complexity index is 413. The van der Waals surface area contributed by atoms with Gasteiger partial charge in [0.05, 0.1) is 12.1 Å². The number of nitriles is 2. The second-order valence-electron chi connectivity index (χ2n) is 3.09. The van der Waals surface area contributed by atoms with E-state index in [2.05, 4.69) is 0 Å². The molecule has 0 bridgehead atoms. The summed E-state index contributed by atoms with van der Waals surface area (Å²) >= 11 is 0. The summed E-state index contributed by atoms with van der Waals surface area (Å²) in [6, 6.07) is 6.93. The van der Waals surface area contributed by atoms with Gasteiger partial charge in [0.1, 0.15) is 11.6 Å². The Labute approximate surface area is 86.4 Å². The third-order valence-corrected chi connectivity index (χ3v) is 2.08. The summed E-state index contributed by atoms with van der Waals surface area (Å²) in [6.07, 6.45) is 0.103. The summed E-state index contributed by atoms with van der Waals surface area (Å²) < 4.78 is 25.9. The maximum absolute atomic E-state index is 13.3. The van der Waals surface area contributed by atoms with E-state index in [0.29, 0.717) is 0 Å². The van der Waals surface area contributed by atoms with Crippen molar-refractivity contribution in [1.29, 1.82) is 10.5 Å². The normalized spacial score (nSPS) is 9.67. The van der Waals surface area contributed by atoms with Gasteiger partial charge in [-0.05, 0) is 11.6 Å². The van der Waals surface area contributed by atoms with E-state index in [-0.39, 0.29) is 18.4 Å². The summed E-state index contributed by atoms with van der Waals surface area (Å²) in [5.74, 6) is -1.85. The summed E-state index contributed by atoms with van der Waals surface area (Å²) in [5.41, 5.74) is 0.222. The molecule has 0 aliphatic heterocycles. The van der Waals surface area contributed by atoms with Crippen molar-refractivity contribution in [2.75, 3.05) is 0 Å². The topological polar surface area (TPSA) is 47.6 Å². The van der Waals surface area contributed by atoms with Crippen LogP contribution in [0.4, 0.5) is 8.78 Å². The van der Waals surface area contributed by atoms with Crippen LogP contribution in [0.15, 0.2) is 18.2 Å². The molecule has 4 heteroatoms. The molecule has 0 saturated heterocycles. The Kier molecular flexibility index (Phi) is 3.76. The van der Waals surface area contributed by atoms with E-state index in [4.69, 9.17) is 10.5 Å². The maximum Gasteiger partial charge on any atom is 0.129 e. The molecule has 0 fully saturated rings. The first-order valence-corrected chi connectivity index (χ1v) is 4.38. The van der Waals surface area contributed by atoms with Gasteiger partial charge in [-0.15, -0.1) is 0 Å². The van der Waals surface area contributed by atoms with Gasteiger partial charge in [0.15, 0.2) is 0 Å². The average Bonchev–Trinajstić information content (AvgIpc) is 2.17. The number of nitrogens with zero attached hydrogens (tertiary/aromatic N) is 2. The highest BCUT2D eigenvalue weighted by Gasteiger charge is 2.15. The molecule has 15 heavy (non-hydrogen) atoms. The molecule has 0 saturated carbocycles. The Morgan fingerprint density at radius 1 is 1.13 bits per heavy atom. The molecule has 1 aromatic rings. The number of benzene rings is 1. The molecule has 1 aromatic carbocycles. The van der Waals surface area contributed by atoms with Crippen LogP contribution in [0.25, 0.3) is 0 Å². The summed E-state index contributed by atoms with van der Waals surface area (Å²) in [6.45, 7) is 0. The molecular weight excluding hydrogens is 198 g/mol. The van der Waals surface area contributed by atoms with Crippen LogP contribution in [0.2, 0.25) is 0 Å². The van der Waals surface area contributed by atoms with Crippen LogP contribution in [0.5, 0.6) is 0 Å². The highest BCUT2D eigenvalue weighted by atomic mass is 19.1. The lowest BCUT2D eigenvalue weighted by molar-refractivity contribution is 0.554. The van der Waals surface area contributed by atoms with Crippen LogP contribution in [-0.4, -0.2) is 0 Å². The standard InChI is InChI=1S/C11H8F2N2/c12-9-1-2-10(11(13)7-9)8(3-5-14)4-6-15/h1-2,7-8H,3-4H2. The highest BCUT2D eigenvalue weighted by Crippen LogP contribution is 2.25. The van der Waals surface area contributed by atoms with Crippen molar-refractivity contribution in [3.8, 4) is 12.1 Å². The van der Waals surface area contributed by atoms with E-state index < -0.39 is 17.6 Å². The molecule has 0 aliphatic carbocycles. The van der Waals surface area contributed by atoms with Crippen molar-refractivity contribution in [3.05, 3.63) is 35.4 Å². The lowest BCUT2D eigenvalue weighted by Crippen LogP contribution is -2.00. The van der Waals surface area contributed by atoms with Crippen molar-refractivity contribution >= 4 is 0 Å². The summed E-state index contributed by atoms with van der Waals surface area (Å²) in [4.78, 5) is 0. The summed E-state index contributed by atoms with van der Waals surface area (Å²) in [7, 11) is 0. The molecule has 0 spiro atoms. The number of halogens is 2. The lowest BCUT2D eigenvalue weighted by atomic mass is 9.93. The van der Waals surface area contributed by atoms with E-state index in [1.165, 1.54) is 6.07 Å². The molecule has 0 N–H and O–H groups in total. The van der Waals surface area contributed by atoms with Gasteiger partial charge in [0, 0.05) is 24.8 Å². The second-order valence-corrected chi connectivity index (χ2v) is 3.09. The fourth-order valence-corrected chi connectivity index (χ4v) is 1.35. The molecule has 0 heterocycles. The average molecular weight is 206 g/mol. The minimum Gasteiger partial charge on any atom is -0.207 e. The molecular formula is C11H8F2N2. The summed E-state index contributed by atoms with van der Waals surface area (Å²) in [5, 5.41) is 17.0. The van der Waals surface area contributed by atoms with Crippen molar-refractivity contribution in [2.24, 2.45) is 0 Å². The molecule has 76 valence electrons. The first-order chi connectivity index (χ1) is 7.19. The van der Waals surface area contributed by atoms with E-state index in [1.54, 1.807) is 0 Å². The van der Waals surface area contributed by atoms with E-state index in [0.717, 1.165) is 12.1 Å². The number of hydrogen-bond acceptors (Lipinski definition) is 2. The smallest absolute Gasteiger partial charge is 0.129 e. The van der Waals surface area contributed by atoms with Crippen molar-refractivity contribution in [1.82, 2.24) is 0 Å². The molecule has 0 aliphatic rings. The minimum atomic E-state index is -0.703. The van der Waals surface area contributed by atoms with E-state index in [1.807, 2.05) is 12.1 Å². The maximum atomic E-state index is 13.3. The monoisotopic (exact) mass is 206 g/mol. The number of rotatable bonds is 3. The molecule has 0 atom stereocenters. The molecule has 1 rings (SSSR count). The van der Waals surface area contributed by atoms with E-state index >= 15 is 0 Å². The van der Waals surface area contributed by atoms with Gasteiger partial charge in [-0.2, -0.15) is 10.5 Å². The molecule has 0 radical (unpaired) electrons. The quantitative estimate of drug-likeness (QED) is 0.763. The van der Waals surface area contributed by atoms with Gasteiger partial charge < -0.3 is 0 Å². The second kappa shape index (κ2) is 5.07. The van der Waals surface area contributed by atoms with Crippen LogP contribution >= 0.6 is 0 Å². The fourth-order valence-electron chi connectivity index (χ4n) is 1.35. The fraction of sp³-hybridized carbons (Fsp3) is 0.273. The minimum absolute atomic E-state index is 0.0517. The SMILES string of the molecule is N#CCC(CC#N)c1ccc(F)cc1F. The predicted octanol–water partition coefficient (Wildman–Crippen LogP) is 2.88. The van der Waals surface area contributed by atoms with Crippen molar-refractivity contribution < 1.29 is 8.78 Å². The third kappa shape index (κ3) is 2.75. The predicted molar refractivity (Wildman–Crippen MR) is 49.6 cm³/mol. The third-order valence-electron chi connectivity index (χ3n) is 2.08. The Hall–Kier alpha value is -1.94. The first kappa shape index (κ1) is 11.1. The molecule has 0 amide bonds. The molecule has 0 unspecified atom stereocenters. The van der Waals surface area contributed by atoms with E-state index in [9.17, 15) is 8.78 Å². The molecule has 0 aromatic heterocycles. The first-order valence-electron chi connectivity index (χ1n) is 4.38. The Morgan fingerprint density at radius 2 is 1.73 bits per heavy atom. The zero-order chi connectivity index (χ0) is 11.3. The van der Waals surface area contributed by atoms with Gasteiger partial charge in [-0.1, -0.05) is 6.07 Å². The van der Waals surface area contributed by atoms with Crippen LogP contribution in [0.3, 0.4) is 0 Å².